The van der Waals surface area contributed by atoms with Gasteiger partial charge in [-0.2, -0.15) is 5.26 Å². The van der Waals surface area contributed by atoms with Gasteiger partial charge in [0.2, 0.25) is 5.82 Å². The Morgan fingerprint density at radius 2 is 2.33 bits per heavy atom. The van der Waals surface area contributed by atoms with Gasteiger partial charge >= 0.3 is 11.7 Å². The Morgan fingerprint density at radius 3 is 2.90 bits per heavy atom. The fourth-order valence-corrected chi connectivity index (χ4v) is 2.48. The van der Waals surface area contributed by atoms with Crippen LogP contribution in [0.5, 0.6) is 0 Å². The number of pyridine rings is 1. The van der Waals surface area contributed by atoms with Crippen LogP contribution in [-0.4, -0.2) is 36.1 Å². The number of carbonyl (C=O) groups excluding carboxylic acids is 1. The molecule has 21 heavy (non-hydrogen) atoms. The van der Waals surface area contributed by atoms with Gasteiger partial charge in [0.1, 0.15) is 6.07 Å². The van der Waals surface area contributed by atoms with E-state index in [1.54, 1.807) is 4.90 Å². The van der Waals surface area contributed by atoms with E-state index in [-0.39, 0.29) is 34.9 Å². The molecule has 0 saturated carbocycles. The van der Waals surface area contributed by atoms with E-state index in [0.717, 1.165) is 0 Å². The van der Waals surface area contributed by atoms with Crippen molar-refractivity contribution in [2.45, 2.75) is 6.92 Å². The Labute approximate surface area is 121 Å². The maximum atomic E-state index is 11.7. The highest BCUT2D eigenvalue weighted by Crippen LogP contribution is 2.33. The minimum absolute atomic E-state index is 0.00879. The Morgan fingerprint density at radius 1 is 1.62 bits per heavy atom. The van der Waals surface area contributed by atoms with Gasteiger partial charge in [-0.15, -0.1) is 0 Å². The third-order valence-corrected chi connectivity index (χ3v) is 3.59. The molecule has 8 nitrogen and oxygen atoms in total. The maximum Gasteiger partial charge on any atom is 0.312 e. The first-order valence-electron chi connectivity index (χ1n) is 6.35. The van der Waals surface area contributed by atoms with Crippen molar-refractivity contribution < 1.29 is 14.5 Å². The predicted octanol–water partition coefficient (Wildman–Crippen LogP) is 1.11. The number of ether oxygens (including phenoxy) is 1. The molecule has 2 rings (SSSR count). The molecule has 0 aromatic carbocycles. The second-order valence-electron chi connectivity index (χ2n) is 4.95. The molecule has 2 heterocycles. The normalized spacial score (nSPS) is 20.9. The Bertz CT molecular complexity index is 625. The van der Waals surface area contributed by atoms with E-state index in [4.69, 9.17) is 10.00 Å². The number of nitro groups is 1. The topological polar surface area (TPSA) is 109 Å². The number of hydrogen-bond acceptors (Lipinski definition) is 7. The van der Waals surface area contributed by atoms with Gasteiger partial charge in [0.15, 0.2) is 0 Å². The van der Waals surface area contributed by atoms with E-state index >= 15 is 0 Å². The van der Waals surface area contributed by atoms with Gasteiger partial charge in [-0.25, -0.2) is 4.98 Å². The molecule has 8 heteroatoms. The monoisotopic (exact) mass is 290 g/mol. The Balaban J connectivity index is 2.33. The van der Waals surface area contributed by atoms with Crippen LogP contribution in [0.2, 0.25) is 0 Å². The molecule has 0 radical (unpaired) electrons. The van der Waals surface area contributed by atoms with Crippen LogP contribution in [-0.2, 0) is 9.53 Å². The number of esters is 1. The van der Waals surface area contributed by atoms with Crippen molar-refractivity contribution in [3.8, 4) is 6.07 Å². The first-order chi connectivity index (χ1) is 9.97. The fourth-order valence-electron chi connectivity index (χ4n) is 2.48. The molecule has 2 atom stereocenters. The highest BCUT2D eigenvalue weighted by atomic mass is 16.6. The summed E-state index contributed by atoms with van der Waals surface area (Å²) in [6.07, 6.45) is 1.29. The molecule has 1 aliphatic heterocycles. The summed E-state index contributed by atoms with van der Waals surface area (Å²) in [6.45, 7) is 2.67. The van der Waals surface area contributed by atoms with E-state index in [9.17, 15) is 14.9 Å². The number of anilines is 1. The molecule has 0 aliphatic carbocycles. The summed E-state index contributed by atoms with van der Waals surface area (Å²) in [6, 6.07) is 3.02. The Hall–Kier alpha value is -2.69. The molecule has 0 amide bonds. The first-order valence-corrected chi connectivity index (χ1v) is 6.35. The molecular formula is C13H14N4O4. The zero-order chi connectivity index (χ0) is 15.6. The van der Waals surface area contributed by atoms with Crippen molar-refractivity contribution in [2.75, 3.05) is 25.1 Å². The van der Waals surface area contributed by atoms with Gasteiger partial charge in [-0.3, -0.25) is 14.9 Å². The summed E-state index contributed by atoms with van der Waals surface area (Å²) < 4.78 is 4.74. The lowest BCUT2D eigenvalue weighted by molar-refractivity contribution is -0.384. The van der Waals surface area contributed by atoms with Gasteiger partial charge in [0.25, 0.3) is 0 Å². The summed E-state index contributed by atoms with van der Waals surface area (Å²) >= 11 is 0. The maximum absolute atomic E-state index is 11.7. The van der Waals surface area contributed by atoms with Crippen LogP contribution in [0, 0.1) is 33.3 Å². The lowest BCUT2D eigenvalue weighted by Gasteiger charge is -2.16. The number of nitriles is 1. The highest BCUT2D eigenvalue weighted by molar-refractivity contribution is 5.75. The quantitative estimate of drug-likeness (QED) is 0.466. The SMILES string of the molecule is COC(=O)C1CN(c2ncc(C#N)cc2[N+](=O)[O-])CC1C. The molecule has 0 spiro atoms. The second kappa shape index (κ2) is 5.75. The molecular weight excluding hydrogens is 276 g/mol. The minimum atomic E-state index is -0.570. The van der Waals surface area contributed by atoms with Crippen LogP contribution < -0.4 is 4.90 Å². The van der Waals surface area contributed by atoms with E-state index in [1.807, 2.05) is 13.0 Å². The molecule has 0 bridgehead atoms. The fraction of sp³-hybridized carbons (Fsp3) is 0.462. The molecule has 110 valence electrons. The number of rotatable bonds is 3. The van der Waals surface area contributed by atoms with E-state index < -0.39 is 4.92 Å². The molecule has 2 unspecified atom stereocenters. The zero-order valence-electron chi connectivity index (χ0n) is 11.6. The van der Waals surface area contributed by atoms with Gasteiger partial charge in [0.05, 0.1) is 23.5 Å². The van der Waals surface area contributed by atoms with Gasteiger partial charge in [-0.05, 0) is 5.92 Å². The van der Waals surface area contributed by atoms with Crippen molar-refractivity contribution in [3.05, 3.63) is 27.9 Å². The summed E-state index contributed by atoms with van der Waals surface area (Å²) in [7, 11) is 1.32. The van der Waals surface area contributed by atoms with Gasteiger partial charge in [-0.1, -0.05) is 6.92 Å². The first kappa shape index (κ1) is 14.7. The van der Waals surface area contributed by atoms with Crippen molar-refractivity contribution in [3.63, 3.8) is 0 Å². The zero-order valence-corrected chi connectivity index (χ0v) is 11.6. The van der Waals surface area contributed by atoms with Gasteiger partial charge < -0.3 is 9.64 Å². The van der Waals surface area contributed by atoms with E-state index in [2.05, 4.69) is 4.98 Å². The third-order valence-electron chi connectivity index (χ3n) is 3.59. The summed E-state index contributed by atoms with van der Waals surface area (Å²) in [5.74, 6) is -0.486. The highest BCUT2D eigenvalue weighted by Gasteiger charge is 2.38. The Kier molecular flexibility index (Phi) is 4.03. The largest absolute Gasteiger partial charge is 0.469 e. The lowest BCUT2D eigenvalue weighted by Crippen LogP contribution is -2.25. The molecule has 1 fully saturated rings. The number of methoxy groups -OCH3 is 1. The van der Waals surface area contributed by atoms with Crippen molar-refractivity contribution >= 4 is 17.5 Å². The van der Waals surface area contributed by atoms with Crippen LogP contribution in [0.25, 0.3) is 0 Å². The van der Waals surface area contributed by atoms with Crippen LogP contribution >= 0.6 is 0 Å². The van der Waals surface area contributed by atoms with Crippen LogP contribution in [0.15, 0.2) is 12.3 Å². The molecule has 0 N–H and O–H groups in total. The van der Waals surface area contributed by atoms with Crippen LogP contribution in [0.3, 0.4) is 0 Å². The number of nitrogens with zero attached hydrogens (tertiary/aromatic N) is 4. The molecule has 1 aromatic heterocycles. The smallest absolute Gasteiger partial charge is 0.312 e. The van der Waals surface area contributed by atoms with Crippen LogP contribution in [0.4, 0.5) is 11.5 Å². The van der Waals surface area contributed by atoms with Gasteiger partial charge in [0, 0.05) is 25.4 Å². The summed E-state index contributed by atoms with van der Waals surface area (Å²) in [5, 5.41) is 19.9. The standard InChI is InChI=1S/C13H14N4O4/c1-8-6-16(7-10(8)13(18)21-2)12-11(17(19)20)3-9(4-14)5-15-12/h3,5,8,10H,6-7H2,1-2H3. The molecule has 1 aliphatic rings. The number of carbonyl (C=O) groups is 1. The summed E-state index contributed by atoms with van der Waals surface area (Å²) in [5.41, 5.74) is -0.103. The van der Waals surface area contributed by atoms with Crippen LogP contribution in [0.1, 0.15) is 12.5 Å². The summed E-state index contributed by atoms with van der Waals surface area (Å²) in [4.78, 5) is 27.9. The number of aromatic nitrogens is 1. The van der Waals surface area contributed by atoms with E-state index in [1.165, 1.54) is 19.4 Å². The predicted molar refractivity (Wildman–Crippen MR) is 72.5 cm³/mol. The lowest BCUT2D eigenvalue weighted by atomic mass is 9.99. The van der Waals surface area contributed by atoms with Crippen molar-refractivity contribution in [1.82, 2.24) is 4.98 Å². The minimum Gasteiger partial charge on any atom is -0.469 e. The average molecular weight is 290 g/mol. The average Bonchev–Trinajstić information content (AvgIpc) is 2.87. The van der Waals surface area contributed by atoms with E-state index in [0.29, 0.717) is 13.1 Å². The number of hydrogen-bond donors (Lipinski definition) is 0. The molecule has 1 aromatic rings. The third kappa shape index (κ3) is 2.76. The second-order valence-corrected chi connectivity index (χ2v) is 4.95. The van der Waals surface area contributed by atoms with Crippen molar-refractivity contribution in [1.29, 1.82) is 5.26 Å². The molecule has 1 saturated heterocycles. The van der Waals surface area contributed by atoms with Crippen molar-refractivity contribution in [2.24, 2.45) is 11.8 Å².